The number of hydrazine groups is 1. The molecule has 1 aromatic carbocycles. The van der Waals surface area contributed by atoms with E-state index in [2.05, 4.69) is 5.43 Å². The lowest BCUT2D eigenvalue weighted by atomic mass is 10.1. The minimum atomic E-state index is -3.11. The van der Waals surface area contributed by atoms with E-state index in [1.807, 2.05) is 24.3 Å². The number of amides is 2. The number of nitrogens with zero attached hydrogens (tertiary/aromatic N) is 2. The van der Waals surface area contributed by atoms with Gasteiger partial charge in [-0.25, -0.2) is 8.42 Å². The smallest absolute Gasteiger partial charge is 0.275 e. The molecule has 0 aromatic heterocycles. The number of sulfone groups is 1. The molecule has 1 aromatic rings. The van der Waals surface area contributed by atoms with E-state index >= 15 is 0 Å². The van der Waals surface area contributed by atoms with Gasteiger partial charge in [-0.3, -0.25) is 20.0 Å². The quantitative estimate of drug-likeness (QED) is 0.823. The third-order valence-corrected chi connectivity index (χ3v) is 6.68. The third kappa shape index (κ3) is 2.90. The summed E-state index contributed by atoms with van der Waals surface area (Å²) in [5.74, 6) is -0.376. The van der Waals surface area contributed by atoms with Gasteiger partial charge in [0, 0.05) is 18.7 Å². The summed E-state index contributed by atoms with van der Waals surface area (Å²) in [5.41, 5.74) is 5.23. The lowest BCUT2D eigenvalue weighted by Gasteiger charge is -2.34. The van der Waals surface area contributed by atoms with Crippen LogP contribution in [-0.4, -0.2) is 49.3 Å². The fourth-order valence-electron chi connectivity index (χ4n) is 3.63. The van der Waals surface area contributed by atoms with Gasteiger partial charge in [0.25, 0.3) is 5.91 Å². The first-order valence-electron chi connectivity index (χ1n) is 8.34. The fourth-order valence-corrected chi connectivity index (χ4v) is 5.33. The number of hydrogen-bond acceptors (Lipinski definition) is 5. The van der Waals surface area contributed by atoms with Gasteiger partial charge in [-0.1, -0.05) is 18.2 Å². The molecule has 0 unspecified atom stereocenters. The predicted octanol–water partition coefficient (Wildman–Crippen LogP) is 0.384. The van der Waals surface area contributed by atoms with Gasteiger partial charge in [0.2, 0.25) is 5.91 Å². The normalized spacial score (nSPS) is 24.7. The van der Waals surface area contributed by atoms with E-state index in [9.17, 15) is 18.0 Å². The first-order valence-corrected chi connectivity index (χ1v) is 10.2. The van der Waals surface area contributed by atoms with Crippen molar-refractivity contribution >= 4 is 27.3 Å². The van der Waals surface area contributed by atoms with Gasteiger partial charge in [-0.15, -0.1) is 0 Å². The molecule has 1 N–H and O–H groups in total. The van der Waals surface area contributed by atoms with Crippen molar-refractivity contribution in [3.8, 4) is 0 Å². The summed E-state index contributed by atoms with van der Waals surface area (Å²) >= 11 is 0. The Morgan fingerprint density at radius 3 is 2.80 bits per heavy atom. The summed E-state index contributed by atoms with van der Waals surface area (Å²) in [6.07, 6.45) is 2.89. The highest BCUT2D eigenvalue weighted by Crippen LogP contribution is 2.29. The summed E-state index contributed by atoms with van der Waals surface area (Å²) in [5, 5.41) is 1.33. The molecule has 4 rings (SSSR count). The van der Waals surface area contributed by atoms with Crippen molar-refractivity contribution < 1.29 is 18.0 Å². The Labute approximate surface area is 146 Å². The number of carbonyl (C=O) groups is 2. The number of rotatable bonds is 2. The molecule has 0 saturated carbocycles. The zero-order valence-corrected chi connectivity index (χ0v) is 14.5. The molecular weight excluding hydrogens is 342 g/mol. The molecule has 1 saturated heterocycles. The Balaban J connectivity index is 1.54. The monoisotopic (exact) mass is 361 g/mol. The molecular formula is C17H19N3O4S. The van der Waals surface area contributed by atoms with Gasteiger partial charge in [0.05, 0.1) is 17.5 Å². The van der Waals surface area contributed by atoms with Crippen LogP contribution in [0, 0.1) is 0 Å². The molecule has 1 fully saturated rings. The van der Waals surface area contributed by atoms with E-state index in [1.165, 1.54) is 5.01 Å². The van der Waals surface area contributed by atoms with Crippen LogP contribution in [0.1, 0.15) is 18.4 Å². The van der Waals surface area contributed by atoms with Crippen LogP contribution in [0.4, 0.5) is 5.69 Å². The maximum absolute atomic E-state index is 12.9. The van der Waals surface area contributed by atoms with E-state index in [0.29, 0.717) is 18.7 Å². The second kappa shape index (κ2) is 5.87. The Morgan fingerprint density at radius 2 is 2.04 bits per heavy atom. The highest BCUT2D eigenvalue weighted by Gasteiger charge is 2.38. The largest absolute Gasteiger partial charge is 0.306 e. The molecule has 8 heteroatoms. The second-order valence-corrected chi connectivity index (χ2v) is 8.82. The lowest BCUT2D eigenvalue weighted by molar-refractivity contribution is -0.136. The molecule has 0 aliphatic carbocycles. The summed E-state index contributed by atoms with van der Waals surface area (Å²) in [7, 11) is -3.11. The van der Waals surface area contributed by atoms with Gasteiger partial charge in [0.15, 0.2) is 9.84 Å². The maximum Gasteiger partial charge on any atom is 0.275 e. The Hall–Kier alpha value is -2.35. The molecule has 3 heterocycles. The minimum absolute atomic E-state index is 0.0558. The molecule has 132 valence electrons. The summed E-state index contributed by atoms with van der Waals surface area (Å²) in [4.78, 5) is 26.8. The molecule has 1 atom stereocenters. The lowest BCUT2D eigenvalue weighted by Crippen LogP contribution is -2.54. The zero-order valence-electron chi connectivity index (χ0n) is 13.6. The van der Waals surface area contributed by atoms with Crippen LogP contribution in [0.5, 0.6) is 0 Å². The van der Waals surface area contributed by atoms with Gasteiger partial charge in [0.1, 0.15) is 5.70 Å². The van der Waals surface area contributed by atoms with Crippen LogP contribution in [0.3, 0.4) is 0 Å². The Morgan fingerprint density at radius 1 is 1.24 bits per heavy atom. The summed E-state index contributed by atoms with van der Waals surface area (Å²) in [6.45, 7) is 0.600. The van der Waals surface area contributed by atoms with E-state index < -0.39 is 15.9 Å². The first kappa shape index (κ1) is 16.1. The average molecular weight is 361 g/mol. The van der Waals surface area contributed by atoms with Crippen LogP contribution >= 0.6 is 0 Å². The van der Waals surface area contributed by atoms with Gasteiger partial charge >= 0.3 is 0 Å². The third-order valence-electron chi connectivity index (χ3n) is 4.93. The summed E-state index contributed by atoms with van der Waals surface area (Å²) in [6, 6.07) is 7.35. The number of carbonyl (C=O) groups excluding carboxylic acids is 2. The van der Waals surface area contributed by atoms with E-state index in [0.717, 1.165) is 17.7 Å². The van der Waals surface area contributed by atoms with Crippen molar-refractivity contribution in [3.05, 3.63) is 41.6 Å². The molecule has 2 amide bonds. The number of benzene rings is 1. The number of hydrogen-bond donors (Lipinski definition) is 1. The molecule has 0 bridgehead atoms. The Bertz CT molecular complexity index is 878. The van der Waals surface area contributed by atoms with Gasteiger partial charge < -0.3 is 4.90 Å². The molecule has 7 nitrogen and oxygen atoms in total. The van der Waals surface area contributed by atoms with Crippen LogP contribution in [0.15, 0.2) is 36.0 Å². The number of nitrogens with one attached hydrogen (secondary N) is 1. The van der Waals surface area contributed by atoms with Gasteiger partial charge in [-0.2, -0.15) is 0 Å². The molecule has 25 heavy (non-hydrogen) atoms. The van der Waals surface area contributed by atoms with E-state index in [-0.39, 0.29) is 29.7 Å². The molecule has 0 radical (unpaired) electrons. The van der Waals surface area contributed by atoms with Crippen LogP contribution < -0.4 is 10.3 Å². The summed E-state index contributed by atoms with van der Waals surface area (Å²) < 4.78 is 23.4. The van der Waals surface area contributed by atoms with E-state index in [1.54, 1.807) is 11.0 Å². The number of fused-ring (bicyclic) bond motifs is 1. The van der Waals surface area contributed by atoms with Crippen molar-refractivity contribution in [2.24, 2.45) is 0 Å². The highest BCUT2D eigenvalue weighted by molar-refractivity contribution is 7.91. The fraction of sp³-hybridized carbons (Fsp3) is 0.412. The van der Waals surface area contributed by atoms with Crippen molar-refractivity contribution in [1.82, 2.24) is 10.4 Å². The standard InChI is InChI=1S/C17H19N3O4S/c21-16-6-5-14(18-20(16)13-8-10-25(23,24)11-13)17(22)19-9-7-12-3-1-2-4-15(12)19/h1-5,13,18H,6-11H2/t13-/m1/s1. The van der Waals surface area contributed by atoms with Crippen LogP contribution in [-0.2, 0) is 25.8 Å². The van der Waals surface area contributed by atoms with Crippen molar-refractivity contribution in [2.75, 3.05) is 23.0 Å². The minimum Gasteiger partial charge on any atom is -0.306 e. The zero-order chi connectivity index (χ0) is 17.6. The second-order valence-electron chi connectivity index (χ2n) is 6.59. The van der Waals surface area contributed by atoms with Crippen molar-refractivity contribution in [3.63, 3.8) is 0 Å². The topological polar surface area (TPSA) is 86.8 Å². The molecule has 3 aliphatic rings. The molecule has 3 aliphatic heterocycles. The highest BCUT2D eigenvalue weighted by atomic mass is 32.2. The van der Waals surface area contributed by atoms with Crippen LogP contribution in [0.25, 0.3) is 0 Å². The SMILES string of the molecule is O=C(C1=CCC(=O)N([C@@H]2CCS(=O)(=O)C2)N1)N1CCc2ccccc21. The first-order chi connectivity index (χ1) is 11.9. The predicted molar refractivity (Wildman–Crippen MR) is 92.2 cm³/mol. The number of anilines is 1. The number of para-hydroxylation sites is 1. The average Bonchev–Trinajstić information content (AvgIpc) is 3.18. The molecule has 0 spiro atoms. The van der Waals surface area contributed by atoms with Crippen molar-refractivity contribution in [1.29, 1.82) is 0 Å². The van der Waals surface area contributed by atoms with Crippen molar-refractivity contribution in [2.45, 2.75) is 25.3 Å². The maximum atomic E-state index is 12.9. The van der Waals surface area contributed by atoms with E-state index in [4.69, 9.17) is 0 Å². The van der Waals surface area contributed by atoms with Gasteiger partial charge in [-0.05, 0) is 30.5 Å². The van der Waals surface area contributed by atoms with Crippen LogP contribution in [0.2, 0.25) is 0 Å². The Kier molecular flexibility index (Phi) is 3.79.